The Bertz CT molecular complexity index is 601. The Morgan fingerprint density at radius 1 is 1.25 bits per heavy atom. The second kappa shape index (κ2) is 5.90. The first kappa shape index (κ1) is 15.0. The van der Waals surface area contributed by atoms with Gasteiger partial charge in [-0.3, -0.25) is 4.79 Å². The molecule has 1 fully saturated rings. The smallest absolute Gasteiger partial charge is 0.282 e. The average molecular weight is 297 g/mol. The summed E-state index contributed by atoms with van der Waals surface area (Å²) in [7, 11) is -3.61. The number of carbonyl (C=O) groups is 1. The third-order valence-corrected chi connectivity index (χ3v) is 5.34. The number of amides is 1. The van der Waals surface area contributed by atoms with Gasteiger partial charge in [0, 0.05) is 19.6 Å². The Labute approximate surface area is 119 Å². The van der Waals surface area contributed by atoms with Gasteiger partial charge in [0.25, 0.3) is 10.2 Å². The highest BCUT2D eigenvalue weighted by molar-refractivity contribution is 7.86. The number of carbonyl (C=O) groups excluding carboxylic acids is 1. The number of aryl methyl sites for hydroxylation is 1. The van der Waals surface area contributed by atoms with Gasteiger partial charge >= 0.3 is 0 Å². The Morgan fingerprint density at radius 3 is 2.55 bits per heavy atom. The molecule has 0 spiro atoms. The van der Waals surface area contributed by atoms with Gasteiger partial charge in [-0.15, -0.1) is 0 Å². The molecular weight excluding hydrogens is 278 g/mol. The van der Waals surface area contributed by atoms with Crippen LogP contribution >= 0.6 is 0 Å². The van der Waals surface area contributed by atoms with E-state index in [9.17, 15) is 13.2 Å². The summed E-state index contributed by atoms with van der Waals surface area (Å²) in [6, 6.07) is 7.67. The fourth-order valence-electron chi connectivity index (χ4n) is 2.29. The van der Waals surface area contributed by atoms with Gasteiger partial charge in [0.05, 0.1) is 6.54 Å². The molecular formula is C13H19N3O3S. The zero-order valence-corrected chi connectivity index (χ0v) is 12.3. The van der Waals surface area contributed by atoms with Crippen LogP contribution in [0.15, 0.2) is 24.3 Å². The predicted octanol–water partition coefficient (Wildman–Crippen LogP) is 0.233. The topological polar surface area (TPSA) is 83.7 Å². The van der Waals surface area contributed by atoms with Crippen molar-refractivity contribution >= 4 is 16.1 Å². The van der Waals surface area contributed by atoms with E-state index < -0.39 is 16.1 Å². The molecule has 0 radical (unpaired) electrons. The van der Waals surface area contributed by atoms with E-state index in [1.54, 1.807) is 0 Å². The maximum absolute atomic E-state index is 12.4. The van der Waals surface area contributed by atoms with E-state index in [-0.39, 0.29) is 6.54 Å². The van der Waals surface area contributed by atoms with Gasteiger partial charge in [-0.25, -0.2) is 0 Å². The lowest BCUT2D eigenvalue weighted by atomic mass is 10.1. The number of primary amides is 1. The zero-order chi connectivity index (χ0) is 14.8. The molecule has 0 bridgehead atoms. The second-order valence-corrected chi connectivity index (χ2v) is 6.85. The molecule has 0 unspecified atom stereocenters. The van der Waals surface area contributed by atoms with Gasteiger partial charge in [-0.1, -0.05) is 24.3 Å². The van der Waals surface area contributed by atoms with E-state index in [0.717, 1.165) is 15.4 Å². The van der Waals surface area contributed by atoms with Gasteiger partial charge in [0.1, 0.15) is 0 Å². The molecule has 20 heavy (non-hydrogen) atoms. The molecule has 6 nitrogen and oxygen atoms in total. The summed E-state index contributed by atoms with van der Waals surface area (Å²) < 4.78 is 27.4. The molecule has 1 aromatic rings. The fraction of sp³-hybridized carbons (Fsp3) is 0.462. The van der Waals surface area contributed by atoms with Crippen molar-refractivity contribution < 1.29 is 13.2 Å². The van der Waals surface area contributed by atoms with Crippen molar-refractivity contribution in [3.63, 3.8) is 0 Å². The van der Waals surface area contributed by atoms with Crippen LogP contribution in [0.3, 0.4) is 0 Å². The molecule has 110 valence electrons. The highest BCUT2D eigenvalue weighted by Crippen LogP contribution is 2.20. The van der Waals surface area contributed by atoms with Crippen LogP contribution in [0.1, 0.15) is 17.5 Å². The SMILES string of the molecule is Cc1ccccc1CN1CCCN(CC(N)=O)S1(=O)=O. The van der Waals surface area contributed by atoms with Gasteiger partial charge in [0.2, 0.25) is 5.91 Å². The van der Waals surface area contributed by atoms with E-state index in [0.29, 0.717) is 26.1 Å². The average Bonchev–Trinajstić information content (AvgIpc) is 2.36. The molecule has 0 aromatic heterocycles. The number of hydrogen-bond donors (Lipinski definition) is 1. The first-order valence-corrected chi connectivity index (χ1v) is 7.89. The minimum atomic E-state index is -3.61. The second-order valence-electron chi connectivity index (χ2n) is 4.92. The van der Waals surface area contributed by atoms with Crippen molar-refractivity contribution in [2.45, 2.75) is 19.9 Å². The third kappa shape index (κ3) is 3.17. The quantitative estimate of drug-likeness (QED) is 0.863. The molecule has 1 saturated heterocycles. The summed E-state index contributed by atoms with van der Waals surface area (Å²) in [5, 5.41) is 0. The van der Waals surface area contributed by atoms with Crippen molar-refractivity contribution in [1.82, 2.24) is 8.61 Å². The van der Waals surface area contributed by atoms with Crippen molar-refractivity contribution in [3.8, 4) is 0 Å². The Morgan fingerprint density at radius 2 is 1.90 bits per heavy atom. The summed E-state index contributed by atoms with van der Waals surface area (Å²) in [4.78, 5) is 11.0. The molecule has 0 atom stereocenters. The van der Waals surface area contributed by atoms with Crippen LogP contribution in [-0.4, -0.2) is 42.6 Å². The number of rotatable bonds is 4. The standard InChI is InChI=1S/C13H19N3O3S/c1-11-5-2-3-6-12(11)9-15-7-4-8-16(10-13(14)17)20(15,18)19/h2-3,5-6H,4,7-10H2,1H3,(H2,14,17). The molecule has 0 aliphatic carbocycles. The van der Waals surface area contributed by atoms with E-state index in [2.05, 4.69) is 0 Å². The third-order valence-electron chi connectivity index (χ3n) is 3.41. The zero-order valence-electron chi connectivity index (χ0n) is 11.4. The Balaban J connectivity index is 2.19. The largest absolute Gasteiger partial charge is 0.369 e. The summed E-state index contributed by atoms with van der Waals surface area (Å²) in [5.74, 6) is -0.633. The fourth-order valence-corrected chi connectivity index (χ4v) is 3.93. The van der Waals surface area contributed by atoms with Crippen molar-refractivity contribution in [2.75, 3.05) is 19.6 Å². The molecule has 1 aliphatic heterocycles. The lowest BCUT2D eigenvalue weighted by Crippen LogP contribution is -2.51. The lowest BCUT2D eigenvalue weighted by Gasteiger charge is -2.34. The molecule has 1 aliphatic rings. The van der Waals surface area contributed by atoms with Crippen LogP contribution in [0.25, 0.3) is 0 Å². The first-order chi connectivity index (χ1) is 9.41. The molecule has 1 amide bonds. The van der Waals surface area contributed by atoms with Gasteiger partial charge in [0.15, 0.2) is 0 Å². The summed E-state index contributed by atoms with van der Waals surface area (Å²) in [6.07, 6.45) is 0.693. The van der Waals surface area contributed by atoms with E-state index in [4.69, 9.17) is 5.73 Å². The number of hydrogen-bond acceptors (Lipinski definition) is 3. The molecule has 2 N–H and O–H groups in total. The maximum Gasteiger partial charge on any atom is 0.282 e. The normalized spacial score (nSPS) is 19.9. The van der Waals surface area contributed by atoms with Crippen LogP contribution < -0.4 is 5.73 Å². The van der Waals surface area contributed by atoms with Crippen LogP contribution in [0.5, 0.6) is 0 Å². The van der Waals surface area contributed by atoms with Gasteiger partial charge < -0.3 is 5.73 Å². The maximum atomic E-state index is 12.4. The minimum Gasteiger partial charge on any atom is -0.369 e. The summed E-state index contributed by atoms with van der Waals surface area (Å²) >= 11 is 0. The minimum absolute atomic E-state index is 0.257. The van der Waals surface area contributed by atoms with E-state index in [1.807, 2.05) is 31.2 Å². The highest BCUT2D eigenvalue weighted by Gasteiger charge is 2.34. The van der Waals surface area contributed by atoms with Crippen LogP contribution in [0, 0.1) is 6.92 Å². The number of nitrogens with two attached hydrogens (primary N) is 1. The van der Waals surface area contributed by atoms with Crippen LogP contribution in [0.2, 0.25) is 0 Å². The Kier molecular flexibility index (Phi) is 4.42. The Hall–Kier alpha value is -1.44. The summed E-state index contributed by atoms with van der Waals surface area (Å²) in [5.41, 5.74) is 7.12. The molecule has 2 rings (SSSR count). The lowest BCUT2D eigenvalue weighted by molar-refractivity contribution is -0.118. The molecule has 1 aromatic carbocycles. The van der Waals surface area contributed by atoms with Crippen molar-refractivity contribution in [3.05, 3.63) is 35.4 Å². The van der Waals surface area contributed by atoms with Crippen LogP contribution in [-0.2, 0) is 21.5 Å². The molecule has 7 heteroatoms. The molecule has 0 saturated carbocycles. The van der Waals surface area contributed by atoms with E-state index >= 15 is 0 Å². The van der Waals surface area contributed by atoms with E-state index in [1.165, 1.54) is 4.31 Å². The highest BCUT2D eigenvalue weighted by atomic mass is 32.2. The van der Waals surface area contributed by atoms with Gasteiger partial charge in [-0.2, -0.15) is 17.0 Å². The monoisotopic (exact) mass is 297 g/mol. The van der Waals surface area contributed by atoms with Crippen LogP contribution in [0.4, 0.5) is 0 Å². The van der Waals surface area contributed by atoms with Crippen molar-refractivity contribution in [2.24, 2.45) is 5.73 Å². The first-order valence-electron chi connectivity index (χ1n) is 6.49. The molecule has 1 heterocycles. The number of benzene rings is 1. The number of nitrogens with zero attached hydrogens (tertiary/aromatic N) is 2. The van der Waals surface area contributed by atoms with Gasteiger partial charge in [-0.05, 0) is 24.5 Å². The van der Waals surface area contributed by atoms with Crippen molar-refractivity contribution in [1.29, 1.82) is 0 Å². The summed E-state index contributed by atoms with van der Waals surface area (Å²) in [6.45, 7) is 2.82. The predicted molar refractivity (Wildman–Crippen MR) is 75.9 cm³/mol.